The molecule has 0 unspecified atom stereocenters. The van der Waals surface area contributed by atoms with Crippen molar-refractivity contribution in [3.8, 4) is 5.75 Å². The normalized spacial score (nSPS) is 10.4. The predicted molar refractivity (Wildman–Crippen MR) is 104 cm³/mol. The second-order valence-corrected chi connectivity index (χ2v) is 6.36. The first-order valence-corrected chi connectivity index (χ1v) is 8.46. The minimum absolute atomic E-state index is 0.242. The number of aromatic nitrogens is 1. The monoisotopic (exact) mass is 387 g/mol. The van der Waals surface area contributed by atoms with E-state index in [4.69, 9.17) is 33.7 Å². The number of nitrogens with two attached hydrogens (primary N) is 1. The van der Waals surface area contributed by atoms with Crippen molar-refractivity contribution in [3.05, 3.63) is 82.0 Å². The minimum Gasteiger partial charge on any atom is -0.485 e. The quantitative estimate of drug-likeness (QED) is 0.658. The molecular formula is C19H15Cl2N3O2. The molecule has 3 rings (SSSR count). The Morgan fingerprint density at radius 2 is 1.88 bits per heavy atom. The summed E-state index contributed by atoms with van der Waals surface area (Å²) in [5.41, 5.74) is 7.75. The third-order valence-electron chi connectivity index (χ3n) is 3.51. The number of hydrogen-bond acceptors (Lipinski definition) is 4. The topological polar surface area (TPSA) is 77.2 Å². The fourth-order valence-electron chi connectivity index (χ4n) is 2.28. The van der Waals surface area contributed by atoms with Crippen molar-refractivity contribution in [2.24, 2.45) is 0 Å². The Labute approximate surface area is 160 Å². The number of nitrogens with zero attached hydrogens (tertiary/aromatic N) is 1. The second kappa shape index (κ2) is 8.08. The maximum Gasteiger partial charge on any atom is 0.255 e. The zero-order chi connectivity index (χ0) is 18.5. The van der Waals surface area contributed by atoms with E-state index in [0.717, 1.165) is 5.56 Å². The molecule has 0 radical (unpaired) electrons. The number of carbonyl (C=O) groups is 1. The molecule has 0 aliphatic rings. The van der Waals surface area contributed by atoms with Gasteiger partial charge in [-0.25, -0.2) is 4.98 Å². The number of nitrogens with one attached hydrogen (secondary N) is 1. The van der Waals surface area contributed by atoms with Crippen LogP contribution in [0.15, 0.2) is 60.8 Å². The summed E-state index contributed by atoms with van der Waals surface area (Å²) in [6, 6.07) is 15.7. The molecule has 26 heavy (non-hydrogen) atoms. The van der Waals surface area contributed by atoms with Crippen LogP contribution in [0.2, 0.25) is 10.0 Å². The van der Waals surface area contributed by atoms with Gasteiger partial charge in [-0.15, -0.1) is 0 Å². The number of nitrogen functional groups attached to an aromatic ring is 1. The van der Waals surface area contributed by atoms with Crippen molar-refractivity contribution in [2.45, 2.75) is 6.61 Å². The lowest BCUT2D eigenvalue weighted by molar-refractivity contribution is 0.102. The summed E-state index contributed by atoms with van der Waals surface area (Å²) in [4.78, 5) is 16.2. The van der Waals surface area contributed by atoms with Gasteiger partial charge < -0.3 is 15.8 Å². The van der Waals surface area contributed by atoms with Crippen LogP contribution in [-0.4, -0.2) is 10.9 Å². The Balaban J connectivity index is 1.68. The highest BCUT2D eigenvalue weighted by molar-refractivity contribution is 6.31. The van der Waals surface area contributed by atoms with Gasteiger partial charge in [0, 0.05) is 28.5 Å². The molecule has 3 aromatic rings. The maximum atomic E-state index is 12.3. The lowest BCUT2D eigenvalue weighted by Gasteiger charge is -2.10. The highest BCUT2D eigenvalue weighted by Gasteiger charge is 2.08. The van der Waals surface area contributed by atoms with Crippen molar-refractivity contribution in [3.63, 3.8) is 0 Å². The lowest BCUT2D eigenvalue weighted by atomic mass is 10.2. The first-order valence-electron chi connectivity index (χ1n) is 7.71. The van der Waals surface area contributed by atoms with Gasteiger partial charge in [0.2, 0.25) is 0 Å². The van der Waals surface area contributed by atoms with E-state index in [-0.39, 0.29) is 18.3 Å². The van der Waals surface area contributed by atoms with Crippen LogP contribution in [0, 0.1) is 0 Å². The number of ether oxygens (including phenoxy) is 1. The zero-order valence-corrected chi connectivity index (χ0v) is 15.1. The molecule has 1 heterocycles. The Hall–Kier alpha value is -2.76. The number of hydrogen-bond donors (Lipinski definition) is 2. The average molecular weight is 388 g/mol. The van der Waals surface area contributed by atoms with Crippen molar-refractivity contribution in [1.29, 1.82) is 0 Å². The number of halogens is 2. The second-order valence-electron chi connectivity index (χ2n) is 5.49. The number of carbonyl (C=O) groups excluding carboxylic acids is 1. The number of benzene rings is 2. The summed E-state index contributed by atoms with van der Waals surface area (Å²) >= 11 is 11.8. The molecule has 0 saturated carbocycles. The molecule has 0 saturated heterocycles. The van der Waals surface area contributed by atoms with E-state index in [2.05, 4.69) is 10.3 Å². The van der Waals surface area contributed by atoms with E-state index in [1.807, 2.05) is 18.2 Å². The molecule has 0 spiro atoms. The molecule has 1 amide bonds. The van der Waals surface area contributed by atoms with Crippen molar-refractivity contribution < 1.29 is 9.53 Å². The van der Waals surface area contributed by atoms with Gasteiger partial charge in [-0.1, -0.05) is 41.4 Å². The molecule has 2 aromatic carbocycles. The molecular weight excluding hydrogens is 373 g/mol. The molecule has 5 nitrogen and oxygen atoms in total. The highest BCUT2D eigenvalue weighted by atomic mass is 35.5. The van der Waals surface area contributed by atoms with Gasteiger partial charge in [-0.3, -0.25) is 4.79 Å². The Kier molecular flexibility index (Phi) is 5.61. The summed E-state index contributed by atoms with van der Waals surface area (Å²) in [5, 5.41) is 3.78. The maximum absolute atomic E-state index is 12.3. The number of pyridine rings is 1. The van der Waals surface area contributed by atoms with Crippen LogP contribution in [0.3, 0.4) is 0 Å². The molecule has 132 valence electrons. The third-order valence-corrected chi connectivity index (χ3v) is 3.96. The van der Waals surface area contributed by atoms with Crippen LogP contribution in [0.25, 0.3) is 0 Å². The van der Waals surface area contributed by atoms with E-state index >= 15 is 0 Å². The average Bonchev–Trinajstić information content (AvgIpc) is 2.63. The van der Waals surface area contributed by atoms with Crippen LogP contribution in [0.4, 0.5) is 11.5 Å². The lowest BCUT2D eigenvalue weighted by Crippen LogP contribution is -2.12. The van der Waals surface area contributed by atoms with Gasteiger partial charge in [-0.05, 0) is 35.9 Å². The molecule has 0 aliphatic carbocycles. The molecule has 0 fully saturated rings. The minimum atomic E-state index is -0.242. The summed E-state index contributed by atoms with van der Waals surface area (Å²) < 4.78 is 5.66. The van der Waals surface area contributed by atoms with Crippen LogP contribution in [-0.2, 0) is 6.61 Å². The van der Waals surface area contributed by atoms with Gasteiger partial charge in [0.1, 0.15) is 6.61 Å². The Morgan fingerprint density at radius 1 is 1.08 bits per heavy atom. The number of rotatable bonds is 5. The largest absolute Gasteiger partial charge is 0.485 e. The molecule has 1 aromatic heterocycles. The first kappa shape index (κ1) is 18.0. The summed E-state index contributed by atoms with van der Waals surface area (Å²) in [5.74, 6) is 0.430. The standard InChI is InChI=1S/C19H15Cl2N3O2/c20-14-5-2-4-13(8-14)19(25)24-16-6-1-3-12(7-16)11-26-17-9-15(21)10-23-18(17)22/h1-10H,11H2,(H2,22,23)(H,24,25). The molecule has 3 N–H and O–H groups in total. The third kappa shape index (κ3) is 4.65. The van der Waals surface area contributed by atoms with Crippen LogP contribution < -0.4 is 15.8 Å². The first-order chi connectivity index (χ1) is 12.5. The van der Waals surface area contributed by atoms with Gasteiger partial charge in [0.05, 0.1) is 5.02 Å². The molecule has 7 heteroatoms. The van der Waals surface area contributed by atoms with Gasteiger partial charge in [0.25, 0.3) is 5.91 Å². The SMILES string of the molecule is Nc1ncc(Cl)cc1OCc1cccc(NC(=O)c2cccc(Cl)c2)c1. The number of anilines is 2. The van der Waals surface area contributed by atoms with Gasteiger partial charge >= 0.3 is 0 Å². The summed E-state index contributed by atoms with van der Waals surface area (Å²) in [7, 11) is 0. The van der Waals surface area contributed by atoms with Crippen LogP contribution in [0.5, 0.6) is 5.75 Å². The van der Waals surface area contributed by atoms with Crippen molar-refractivity contribution in [2.75, 3.05) is 11.1 Å². The van der Waals surface area contributed by atoms with Gasteiger partial charge in [-0.2, -0.15) is 0 Å². The highest BCUT2D eigenvalue weighted by Crippen LogP contribution is 2.24. The van der Waals surface area contributed by atoms with Crippen molar-refractivity contribution >= 4 is 40.6 Å². The van der Waals surface area contributed by atoms with E-state index < -0.39 is 0 Å². The Bertz CT molecular complexity index is 948. The fraction of sp³-hybridized carbons (Fsp3) is 0.0526. The molecule has 0 aliphatic heterocycles. The summed E-state index contributed by atoms with van der Waals surface area (Å²) in [6.07, 6.45) is 1.45. The predicted octanol–water partition coefficient (Wildman–Crippen LogP) is 4.80. The molecule has 0 bridgehead atoms. The number of amides is 1. The smallest absolute Gasteiger partial charge is 0.255 e. The van der Waals surface area contributed by atoms with E-state index in [0.29, 0.717) is 27.0 Å². The van der Waals surface area contributed by atoms with Crippen molar-refractivity contribution in [1.82, 2.24) is 4.98 Å². The van der Waals surface area contributed by atoms with Crippen LogP contribution >= 0.6 is 23.2 Å². The fourth-order valence-corrected chi connectivity index (χ4v) is 2.62. The zero-order valence-electron chi connectivity index (χ0n) is 13.6. The summed E-state index contributed by atoms with van der Waals surface area (Å²) in [6.45, 7) is 0.257. The Morgan fingerprint density at radius 3 is 2.69 bits per heavy atom. The van der Waals surface area contributed by atoms with E-state index in [1.54, 1.807) is 36.4 Å². The molecule has 0 atom stereocenters. The van der Waals surface area contributed by atoms with Crippen LogP contribution in [0.1, 0.15) is 15.9 Å². The van der Waals surface area contributed by atoms with E-state index in [1.165, 1.54) is 6.20 Å². The van der Waals surface area contributed by atoms with E-state index in [9.17, 15) is 4.79 Å². The van der Waals surface area contributed by atoms with Gasteiger partial charge in [0.15, 0.2) is 11.6 Å².